The summed E-state index contributed by atoms with van der Waals surface area (Å²) in [6, 6.07) is 6.09. The van der Waals surface area contributed by atoms with Gasteiger partial charge in [-0.15, -0.1) is 0 Å². The lowest BCUT2D eigenvalue weighted by molar-refractivity contribution is 0.107. The average Bonchev–Trinajstić information content (AvgIpc) is 2.12. The quantitative estimate of drug-likeness (QED) is 0.751. The van der Waals surface area contributed by atoms with Crippen LogP contribution in [0, 0.1) is 5.92 Å². The molecule has 2 rings (SSSR count). The van der Waals surface area contributed by atoms with E-state index in [2.05, 4.69) is 31.9 Å². The van der Waals surface area contributed by atoms with Crippen LogP contribution in [-0.2, 0) is 6.54 Å². The molecule has 2 nitrogen and oxygen atoms in total. The van der Waals surface area contributed by atoms with Gasteiger partial charge < -0.3 is 0 Å². The second-order valence-corrected chi connectivity index (χ2v) is 4.18. The molecule has 0 unspecified atom stereocenters. The van der Waals surface area contributed by atoms with Crippen LogP contribution in [0.15, 0.2) is 24.4 Å². The summed E-state index contributed by atoms with van der Waals surface area (Å²) in [5.74, 6) is 0.851. The molecule has 1 fully saturated rings. The molecule has 1 saturated heterocycles. The fourth-order valence-corrected chi connectivity index (χ4v) is 2.03. The number of likely N-dealkylation sites (tertiary alicyclic amines) is 1. The normalized spacial score (nSPS) is 18.5. The van der Waals surface area contributed by atoms with Gasteiger partial charge in [0.15, 0.2) is 0 Å². The number of halogens is 1. The number of hydrogen-bond donors (Lipinski definition) is 0. The molecule has 1 aromatic rings. The highest BCUT2D eigenvalue weighted by atomic mass is 79.9. The summed E-state index contributed by atoms with van der Waals surface area (Å²) in [7, 11) is 0. The molecule has 3 heteroatoms. The summed E-state index contributed by atoms with van der Waals surface area (Å²) < 4.78 is 0. The Labute approximate surface area is 87.1 Å². The lowest BCUT2D eigenvalue weighted by Crippen LogP contribution is -2.46. The summed E-state index contributed by atoms with van der Waals surface area (Å²) in [5.41, 5.74) is 1.18. The van der Waals surface area contributed by atoms with Crippen molar-refractivity contribution in [2.24, 2.45) is 5.92 Å². The first-order valence-electron chi connectivity index (χ1n) is 4.56. The number of pyridine rings is 1. The van der Waals surface area contributed by atoms with Crippen LogP contribution < -0.4 is 0 Å². The predicted molar refractivity (Wildman–Crippen MR) is 56.8 cm³/mol. The van der Waals surface area contributed by atoms with Crippen LogP contribution in [0.5, 0.6) is 0 Å². The Morgan fingerprint density at radius 2 is 2.31 bits per heavy atom. The number of alkyl halides is 1. The molecule has 1 aliphatic heterocycles. The number of hydrogen-bond acceptors (Lipinski definition) is 2. The minimum Gasteiger partial charge on any atom is -0.297 e. The molecule has 0 aliphatic carbocycles. The third-order valence-electron chi connectivity index (χ3n) is 2.36. The highest BCUT2D eigenvalue weighted by molar-refractivity contribution is 9.09. The summed E-state index contributed by atoms with van der Waals surface area (Å²) in [6.07, 6.45) is 1.86. The van der Waals surface area contributed by atoms with Gasteiger partial charge in [-0.25, -0.2) is 0 Å². The van der Waals surface area contributed by atoms with Crippen molar-refractivity contribution >= 4 is 15.9 Å². The first-order chi connectivity index (χ1) is 6.38. The molecular weight excluding hydrogens is 228 g/mol. The lowest BCUT2D eigenvalue weighted by Gasteiger charge is -2.38. The molecule has 0 radical (unpaired) electrons. The van der Waals surface area contributed by atoms with E-state index in [1.807, 2.05) is 18.3 Å². The third kappa shape index (κ3) is 2.29. The first-order valence-corrected chi connectivity index (χ1v) is 5.69. The van der Waals surface area contributed by atoms with E-state index >= 15 is 0 Å². The topological polar surface area (TPSA) is 16.1 Å². The SMILES string of the molecule is BrCC1CN(Cc2ccccn2)C1. The standard InChI is InChI=1S/C10H13BrN2/c11-5-9-6-13(7-9)8-10-3-1-2-4-12-10/h1-4,9H,5-8H2. The Morgan fingerprint density at radius 1 is 1.46 bits per heavy atom. The van der Waals surface area contributed by atoms with Gasteiger partial charge in [0.2, 0.25) is 0 Å². The number of nitrogens with zero attached hydrogens (tertiary/aromatic N) is 2. The van der Waals surface area contributed by atoms with E-state index in [9.17, 15) is 0 Å². The molecule has 0 amide bonds. The number of rotatable bonds is 3. The van der Waals surface area contributed by atoms with Crippen LogP contribution in [0.3, 0.4) is 0 Å². The van der Waals surface area contributed by atoms with Gasteiger partial charge in [-0.3, -0.25) is 9.88 Å². The molecule has 1 aliphatic rings. The molecule has 0 saturated carbocycles. The average molecular weight is 241 g/mol. The zero-order valence-corrected chi connectivity index (χ0v) is 9.07. The van der Waals surface area contributed by atoms with E-state index in [0.29, 0.717) is 0 Å². The van der Waals surface area contributed by atoms with Crippen molar-refractivity contribution in [3.63, 3.8) is 0 Å². The fourth-order valence-electron chi connectivity index (χ4n) is 1.62. The van der Waals surface area contributed by atoms with Crippen LogP contribution >= 0.6 is 15.9 Å². The predicted octanol–water partition coefficient (Wildman–Crippen LogP) is 1.91. The summed E-state index contributed by atoms with van der Waals surface area (Å²) in [6.45, 7) is 3.42. The highest BCUT2D eigenvalue weighted by Crippen LogP contribution is 2.19. The Hall–Kier alpha value is -0.410. The van der Waals surface area contributed by atoms with Crippen molar-refractivity contribution in [2.45, 2.75) is 6.54 Å². The van der Waals surface area contributed by atoms with E-state index in [4.69, 9.17) is 0 Å². The monoisotopic (exact) mass is 240 g/mol. The molecule has 70 valence electrons. The van der Waals surface area contributed by atoms with E-state index in [-0.39, 0.29) is 0 Å². The van der Waals surface area contributed by atoms with Crippen molar-refractivity contribution < 1.29 is 0 Å². The molecule has 0 aromatic carbocycles. The maximum Gasteiger partial charge on any atom is 0.0543 e. The minimum atomic E-state index is 0.851. The lowest BCUT2D eigenvalue weighted by atomic mass is 10.0. The molecule has 0 N–H and O–H groups in total. The van der Waals surface area contributed by atoms with Crippen molar-refractivity contribution in [1.29, 1.82) is 0 Å². The van der Waals surface area contributed by atoms with Gasteiger partial charge >= 0.3 is 0 Å². The minimum absolute atomic E-state index is 0.851. The zero-order chi connectivity index (χ0) is 9.10. The Morgan fingerprint density at radius 3 is 2.92 bits per heavy atom. The smallest absolute Gasteiger partial charge is 0.0543 e. The molecule has 0 spiro atoms. The van der Waals surface area contributed by atoms with Crippen molar-refractivity contribution in [1.82, 2.24) is 9.88 Å². The zero-order valence-electron chi connectivity index (χ0n) is 7.49. The molecule has 13 heavy (non-hydrogen) atoms. The summed E-state index contributed by atoms with van der Waals surface area (Å²) >= 11 is 3.50. The van der Waals surface area contributed by atoms with Gasteiger partial charge in [0.05, 0.1) is 5.69 Å². The largest absolute Gasteiger partial charge is 0.297 e. The van der Waals surface area contributed by atoms with Gasteiger partial charge in [-0.05, 0) is 18.1 Å². The van der Waals surface area contributed by atoms with E-state index in [1.165, 1.54) is 18.8 Å². The van der Waals surface area contributed by atoms with Crippen LogP contribution in [0.25, 0.3) is 0 Å². The second-order valence-electron chi connectivity index (χ2n) is 3.54. The van der Waals surface area contributed by atoms with Gasteiger partial charge in [-0.1, -0.05) is 22.0 Å². The summed E-state index contributed by atoms with van der Waals surface area (Å²) in [5, 5.41) is 1.13. The van der Waals surface area contributed by atoms with E-state index < -0.39 is 0 Å². The van der Waals surface area contributed by atoms with Gasteiger partial charge in [0.1, 0.15) is 0 Å². The maximum absolute atomic E-state index is 4.30. The van der Waals surface area contributed by atoms with Crippen LogP contribution in [0.1, 0.15) is 5.69 Å². The maximum atomic E-state index is 4.30. The molecule has 2 heterocycles. The first kappa shape index (κ1) is 9.16. The molecule has 0 bridgehead atoms. The van der Waals surface area contributed by atoms with Crippen molar-refractivity contribution in [3.8, 4) is 0 Å². The molecular formula is C10H13BrN2. The highest BCUT2D eigenvalue weighted by Gasteiger charge is 2.25. The van der Waals surface area contributed by atoms with Crippen LogP contribution in [0.4, 0.5) is 0 Å². The van der Waals surface area contributed by atoms with Crippen molar-refractivity contribution in [3.05, 3.63) is 30.1 Å². The van der Waals surface area contributed by atoms with Gasteiger partial charge in [-0.2, -0.15) is 0 Å². The van der Waals surface area contributed by atoms with Gasteiger partial charge in [0.25, 0.3) is 0 Å². The fraction of sp³-hybridized carbons (Fsp3) is 0.500. The Balaban J connectivity index is 1.81. The van der Waals surface area contributed by atoms with E-state index in [0.717, 1.165) is 17.8 Å². The van der Waals surface area contributed by atoms with Crippen LogP contribution in [0.2, 0.25) is 0 Å². The molecule has 1 aromatic heterocycles. The Bertz CT molecular complexity index is 257. The molecule has 0 atom stereocenters. The van der Waals surface area contributed by atoms with Crippen molar-refractivity contribution in [2.75, 3.05) is 18.4 Å². The van der Waals surface area contributed by atoms with E-state index in [1.54, 1.807) is 0 Å². The summed E-state index contributed by atoms with van der Waals surface area (Å²) in [4.78, 5) is 6.72. The van der Waals surface area contributed by atoms with Gasteiger partial charge in [0, 0.05) is 31.2 Å². The Kier molecular flexibility index (Phi) is 2.96. The van der Waals surface area contributed by atoms with Crippen LogP contribution in [-0.4, -0.2) is 28.3 Å². The number of aromatic nitrogens is 1. The second kappa shape index (κ2) is 4.20. The third-order valence-corrected chi connectivity index (χ3v) is 3.28.